The van der Waals surface area contributed by atoms with E-state index < -0.39 is 41.6 Å². The molecule has 0 saturated carbocycles. The summed E-state index contributed by atoms with van der Waals surface area (Å²) in [6.07, 6.45) is 0. The van der Waals surface area contributed by atoms with E-state index in [9.17, 15) is 28.0 Å². The number of carbonyl (C=O) groups is 4. The molecule has 0 bridgehead atoms. The summed E-state index contributed by atoms with van der Waals surface area (Å²) in [6, 6.07) is 7.62. The molecule has 5 amide bonds. The molecule has 1 heterocycles. The average Bonchev–Trinajstić information content (AvgIpc) is 2.93. The monoisotopic (exact) mass is 416 g/mol. The van der Waals surface area contributed by atoms with Gasteiger partial charge in [-0.3, -0.25) is 19.3 Å². The first kappa shape index (κ1) is 20.9. The summed E-state index contributed by atoms with van der Waals surface area (Å²) < 4.78 is 27.7. The fourth-order valence-corrected chi connectivity index (χ4v) is 3.10. The van der Waals surface area contributed by atoms with Crippen LogP contribution in [0.4, 0.5) is 19.3 Å². The second-order valence-corrected chi connectivity index (χ2v) is 6.78. The van der Waals surface area contributed by atoms with E-state index in [1.807, 2.05) is 0 Å². The number of urea groups is 1. The molecule has 0 unspecified atom stereocenters. The largest absolute Gasteiger partial charge is 0.355 e. The summed E-state index contributed by atoms with van der Waals surface area (Å²) in [5.41, 5.74) is -1.46. The van der Waals surface area contributed by atoms with E-state index in [4.69, 9.17) is 0 Å². The Bertz CT molecular complexity index is 1040. The van der Waals surface area contributed by atoms with Crippen molar-refractivity contribution in [2.45, 2.75) is 12.5 Å². The van der Waals surface area contributed by atoms with Crippen LogP contribution in [0.1, 0.15) is 22.8 Å². The Morgan fingerprint density at radius 1 is 1.10 bits per heavy atom. The minimum atomic E-state index is -1.85. The lowest BCUT2D eigenvalue weighted by atomic mass is 9.91. The van der Waals surface area contributed by atoms with Crippen molar-refractivity contribution < 1.29 is 28.0 Å². The van der Waals surface area contributed by atoms with Crippen molar-refractivity contribution in [3.05, 3.63) is 65.2 Å². The minimum absolute atomic E-state index is 0.295. The predicted octanol–water partition coefficient (Wildman–Crippen LogP) is 1.73. The molecule has 0 aromatic heterocycles. The number of hydrogen-bond acceptors (Lipinski definition) is 4. The van der Waals surface area contributed by atoms with Crippen molar-refractivity contribution in [1.82, 2.24) is 15.5 Å². The molecular formula is C20H18F2N4O4. The number of nitrogens with zero attached hydrogens (tertiary/aromatic N) is 1. The van der Waals surface area contributed by atoms with Crippen molar-refractivity contribution in [2.75, 3.05) is 18.9 Å². The molecule has 3 N–H and O–H groups in total. The lowest BCUT2D eigenvalue weighted by Gasteiger charge is -2.22. The first-order valence-corrected chi connectivity index (χ1v) is 8.87. The molecule has 2 aromatic carbocycles. The molecule has 156 valence electrons. The Hall–Kier alpha value is -3.82. The summed E-state index contributed by atoms with van der Waals surface area (Å²) in [6.45, 7) is 0.606. The van der Waals surface area contributed by atoms with Crippen LogP contribution in [0.25, 0.3) is 0 Å². The number of imide groups is 1. The SMILES string of the molecule is CNC(=O)c1ccc(NC(=O)CN2C(=O)N[C@@](C)(c3cc(F)ccc3F)C2=O)cc1. The molecule has 1 aliphatic heterocycles. The summed E-state index contributed by atoms with van der Waals surface area (Å²) in [4.78, 5) is 49.5. The van der Waals surface area contributed by atoms with Crippen molar-refractivity contribution in [1.29, 1.82) is 0 Å². The lowest BCUT2D eigenvalue weighted by Crippen LogP contribution is -2.42. The van der Waals surface area contributed by atoms with Gasteiger partial charge < -0.3 is 16.0 Å². The Morgan fingerprint density at radius 3 is 2.40 bits per heavy atom. The molecule has 8 nitrogen and oxygen atoms in total. The molecule has 0 radical (unpaired) electrons. The first-order valence-electron chi connectivity index (χ1n) is 8.87. The van der Waals surface area contributed by atoms with E-state index in [2.05, 4.69) is 16.0 Å². The highest BCUT2D eigenvalue weighted by Crippen LogP contribution is 2.31. The van der Waals surface area contributed by atoms with E-state index in [0.29, 0.717) is 16.2 Å². The molecule has 1 atom stereocenters. The van der Waals surface area contributed by atoms with Gasteiger partial charge in [-0.15, -0.1) is 0 Å². The van der Waals surface area contributed by atoms with Crippen LogP contribution < -0.4 is 16.0 Å². The van der Waals surface area contributed by atoms with Gasteiger partial charge in [0.25, 0.3) is 11.8 Å². The van der Waals surface area contributed by atoms with Crippen LogP contribution in [0.5, 0.6) is 0 Å². The van der Waals surface area contributed by atoms with Gasteiger partial charge in [0.15, 0.2) is 0 Å². The highest BCUT2D eigenvalue weighted by Gasteiger charge is 2.50. The Balaban J connectivity index is 1.73. The van der Waals surface area contributed by atoms with Crippen LogP contribution in [0.3, 0.4) is 0 Å². The van der Waals surface area contributed by atoms with E-state index in [0.717, 1.165) is 18.2 Å². The quantitative estimate of drug-likeness (QED) is 0.645. The number of rotatable bonds is 5. The van der Waals surface area contributed by atoms with Gasteiger partial charge in [-0.05, 0) is 49.4 Å². The van der Waals surface area contributed by atoms with Crippen LogP contribution in [0.2, 0.25) is 0 Å². The molecular weight excluding hydrogens is 398 g/mol. The zero-order valence-electron chi connectivity index (χ0n) is 16.1. The summed E-state index contributed by atoms with van der Waals surface area (Å²) in [5.74, 6) is -3.51. The van der Waals surface area contributed by atoms with Gasteiger partial charge in [-0.2, -0.15) is 0 Å². The molecule has 3 rings (SSSR count). The van der Waals surface area contributed by atoms with Gasteiger partial charge in [0.05, 0.1) is 0 Å². The van der Waals surface area contributed by atoms with E-state index in [1.54, 1.807) is 0 Å². The summed E-state index contributed by atoms with van der Waals surface area (Å²) in [7, 11) is 1.49. The lowest BCUT2D eigenvalue weighted by molar-refractivity contribution is -0.133. The third-order valence-electron chi connectivity index (χ3n) is 4.70. The fraction of sp³-hybridized carbons (Fsp3) is 0.200. The normalized spacial score (nSPS) is 18.2. The zero-order valence-corrected chi connectivity index (χ0v) is 16.1. The number of nitrogens with one attached hydrogen (secondary N) is 3. The Labute approximate surface area is 170 Å². The second-order valence-electron chi connectivity index (χ2n) is 6.78. The van der Waals surface area contributed by atoms with Crippen LogP contribution in [0.15, 0.2) is 42.5 Å². The highest BCUT2D eigenvalue weighted by molar-refractivity contribution is 6.10. The number of benzene rings is 2. The smallest absolute Gasteiger partial charge is 0.325 e. The summed E-state index contributed by atoms with van der Waals surface area (Å²) in [5, 5.41) is 7.28. The molecule has 1 saturated heterocycles. The van der Waals surface area contributed by atoms with Crippen molar-refractivity contribution in [3.63, 3.8) is 0 Å². The number of carbonyl (C=O) groups excluding carboxylic acids is 4. The first-order chi connectivity index (χ1) is 14.2. The van der Waals surface area contributed by atoms with Crippen LogP contribution in [-0.4, -0.2) is 42.2 Å². The van der Waals surface area contributed by atoms with E-state index in [1.165, 1.54) is 38.2 Å². The van der Waals surface area contributed by atoms with Crippen LogP contribution in [0, 0.1) is 11.6 Å². The van der Waals surface area contributed by atoms with Crippen LogP contribution in [-0.2, 0) is 15.1 Å². The zero-order chi connectivity index (χ0) is 22.1. The van der Waals surface area contributed by atoms with Gasteiger partial charge >= 0.3 is 6.03 Å². The van der Waals surface area contributed by atoms with Crippen LogP contribution >= 0.6 is 0 Å². The Kier molecular flexibility index (Phi) is 5.50. The molecule has 2 aromatic rings. The average molecular weight is 416 g/mol. The maximum Gasteiger partial charge on any atom is 0.325 e. The second kappa shape index (κ2) is 7.90. The van der Waals surface area contributed by atoms with Gasteiger partial charge in [-0.25, -0.2) is 13.6 Å². The maximum absolute atomic E-state index is 14.2. The molecule has 0 aliphatic carbocycles. The Morgan fingerprint density at radius 2 is 1.77 bits per heavy atom. The highest BCUT2D eigenvalue weighted by atomic mass is 19.1. The number of halogens is 2. The molecule has 0 spiro atoms. The number of hydrogen-bond donors (Lipinski definition) is 3. The standard InChI is InChI=1S/C20H18F2N4O4/c1-20(14-9-12(21)5-8-15(14)22)18(29)26(19(30)25-20)10-16(27)24-13-6-3-11(4-7-13)17(28)23-2/h3-9H,10H2,1-2H3,(H,23,28)(H,24,27)(H,25,30)/t20-/m0/s1. The third kappa shape index (κ3) is 3.84. The fourth-order valence-electron chi connectivity index (χ4n) is 3.10. The predicted molar refractivity (Wildman–Crippen MR) is 102 cm³/mol. The third-order valence-corrected chi connectivity index (χ3v) is 4.70. The molecule has 1 fully saturated rings. The van der Waals surface area contributed by atoms with Crippen molar-refractivity contribution in [2.24, 2.45) is 0 Å². The van der Waals surface area contributed by atoms with Gasteiger partial charge in [0, 0.05) is 23.9 Å². The molecule has 30 heavy (non-hydrogen) atoms. The molecule has 10 heteroatoms. The minimum Gasteiger partial charge on any atom is -0.355 e. The number of anilines is 1. The van der Waals surface area contributed by atoms with Gasteiger partial charge in [0.2, 0.25) is 5.91 Å². The summed E-state index contributed by atoms with van der Waals surface area (Å²) >= 11 is 0. The maximum atomic E-state index is 14.2. The van der Waals surface area contributed by atoms with Crippen molar-refractivity contribution in [3.8, 4) is 0 Å². The van der Waals surface area contributed by atoms with Crippen molar-refractivity contribution >= 4 is 29.4 Å². The van der Waals surface area contributed by atoms with E-state index >= 15 is 0 Å². The topological polar surface area (TPSA) is 108 Å². The van der Waals surface area contributed by atoms with Gasteiger partial charge in [-0.1, -0.05) is 0 Å². The molecule has 1 aliphatic rings. The van der Waals surface area contributed by atoms with E-state index in [-0.39, 0.29) is 11.5 Å². The number of amides is 5. The van der Waals surface area contributed by atoms with Gasteiger partial charge in [0.1, 0.15) is 23.7 Å².